The largest absolute Gasteiger partial charge is 0.324 e. The van der Waals surface area contributed by atoms with E-state index in [1.54, 1.807) is 0 Å². The first-order chi connectivity index (χ1) is 7.19. The van der Waals surface area contributed by atoms with Crippen molar-refractivity contribution in [3.63, 3.8) is 0 Å². The molecule has 15 heavy (non-hydrogen) atoms. The molecule has 0 bridgehead atoms. The summed E-state index contributed by atoms with van der Waals surface area (Å²) in [6.07, 6.45) is 2.12. The van der Waals surface area contributed by atoms with Gasteiger partial charge in [-0.2, -0.15) is 0 Å². The van der Waals surface area contributed by atoms with Crippen molar-refractivity contribution in [2.24, 2.45) is 5.73 Å². The van der Waals surface area contributed by atoms with Gasteiger partial charge >= 0.3 is 0 Å². The SMILES string of the molecule is CCCSc1ccc(Cl)cc1C(N)CC. The lowest BCUT2D eigenvalue weighted by atomic mass is 10.1. The summed E-state index contributed by atoms with van der Waals surface area (Å²) in [5, 5.41) is 0.773. The third-order valence-electron chi connectivity index (χ3n) is 2.27. The van der Waals surface area contributed by atoms with Crippen molar-refractivity contribution >= 4 is 23.4 Å². The Hall–Kier alpha value is -0.180. The summed E-state index contributed by atoms with van der Waals surface area (Å²) in [6.45, 7) is 4.28. The predicted octanol–water partition coefficient (Wildman–Crippen LogP) is 4.25. The molecule has 0 fully saturated rings. The van der Waals surface area contributed by atoms with E-state index in [1.807, 2.05) is 23.9 Å². The lowest BCUT2D eigenvalue weighted by Gasteiger charge is -2.14. The zero-order valence-corrected chi connectivity index (χ0v) is 10.9. The van der Waals surface area contributed by atoms with Crippen LogP contribution in [-0.2, 0) is 0 Å². The van der Waals surface area contributed by atoms with Crippen LogP contribution in [0.5, 0.6) is 0 Å². The second kappa shape index (κ2) is 6.41. The molecule has 0 aliphatic rings. The molecule has 84 valence electrons. The summed E-state index contributed by atoms with van der Waals surface area (Å²) in [6, 6.07) is 6.11. The van der Waals surface area contributed by atoms with Crippen molar-refractivity contribution in [3.8, 4) is 0 Å². The number of halogens is 1. The van der Waals surface area contributed by atoms with Gasteiger partial charge in [-0.3, -0.25) is 0 Å². The van der Waals surface area contributed by atoms with Crippen molar-refractivity contribution in [1.29, 1.82) is 0 Å². The smallest absolute Gasteiger partial charge is 0.0410 e. The minimum Gasteiger partial charge on any atom is -0.324 e. The van der Waals surface area contributed by atoms with E-state index in [1.165, 1.54) is 16.9 Å². The quantitative estimate of drug-likeness (QED) is 0.783. The van der Waals surface area contributed by atoms with Crippen LogP contribution < -0.4 is 5.73 Å². The fourth-order valence-electron chi connectivity index (χ4n) is 1.37. The number of hydrogen-bond donors (Lipinski definition) is 1. The van der Waals surface area contributed by atoms with Crippen LogP contribution in [0.1, 0.15) is 38.3 Å². The maximum absolute atomic E-state index is 6.06. The lowest BCUT2D eigenvalue weighted by Crippen LogP contribution is -2.09. The van der Waals surface area contributed by atoms with E-state index in [4.69, 9.17) is 17.3 Å². The average molecular weight is 244 g/mol. The molecule has 1 nitrogen and oxygen atoms in total. The predicted molar refractivity (Wildman–Crippen MR) is 69.7 cm³/mol. The summed E-state index contributed by atoms with van der Waals surface area (Å²) < 4.78 is 0. The second-order valence-electron chi connectivity index (χ2n) is 3.55. The standard InChI is InChI=1S/C12H18ClNS/c1-3-7-15-12-6-5-9(13)8-10(12)11(14)4-2/h5-6,8,11H,3-4,7,14H2,1-2H3. The molecule has 1 aromatic carbocycles. The van der Waals surface area contributed by atoms with E-state index in [2.05, 4.69) is 19.9 Å². The molecule has 0 saturated heterocycles. The molecule has 3 heteroatoms. The van der Waals surface area contributed by atoms with E-state index in [0.717, 1.165) is 17.2 Å². The number of rotatable bonds is 5. The van der Waals surface area contributed by atoms with Gasteiger partial charge in [0.05, 0.1) is 0 Å². The first-order valence-electron chi connectivity index (χ1n) is 5.36. The molecule has 1 aromatic rings. The van der Waals surface area contributed by atoms with Crippen LogP contribution >= 0.6 is 23.4 Å². The van der Waals surface area contributed by atoms with E-state index in [9.17, 15) is 0 Å². The molecule has 1 atom stereocenters. The van der Waals surface area contributed by atoms with Gasteiger partial charge in [-0.1, -0.05) is 25.4 Å². The van der Waals surface area contributed by atoms with Crippen LogP contribution in [0.4, 0.5) is 0 Å². The normalized spacial score (nSPS) is 12.8. The Kier molecular flexibility index (Phi) is 5.51. The molecule has 1 rings (SSSR count). The summed E-state index contributed by atoms with van der Waals surface area (Å²) in [4.78, 5) is 1.27. The molecule has 0 amide bonds. The van der Waals surface area contributed by atoms with Gasteiger partial charge in [0.15, 0.2) is 0 Å². The lowest BCUT2D eigenvalue weighted by molar-refractivity contribution is 0.685. The molecule has 1 unspecified atom stereocenters. The van der Waals surface area contributed by atoms with E-state index < -0.39 is 0 Å². The van der Waals surface area contributed by atoms with Gasteiger partial charge < -0.3 is 5.73 Å². The van der Waals surface area contributed by atoms with Crippen LogP contribution in [0.3, 0.4) is 0 Å². The van der Waals surface area contributed by atoms with E-state index in [-0.39, 0.29) is 6.04 Å². The molecular weight excluding hydrogens is 226 g/mol. The van der Waals surface area contributed by atoms with Gasteiger partial charge in [0, 0.05) is 16.0 Å². The Balaban J connectivity index is 2.92. The minimum atomic E-state index is 0.100. The highest BCUT2D eigenvalue weighted by molar-refractivity contribution is 7.99. The molecule has 0 heterocycles. The Labute approximate surface area is 101 Å². The van der Waals surface area contributed by atoms with Crippen LogP contribution in [0.15, 0.2) is 23.1 Å². The summed E-state index contributed by atoms with van der Waals surface area (Å²) in [5.74, 6) is 1.13. The molecule has 0 radical (unpaired) electrons. The van der Waals surface area contributed by atoms with Gasteiger partial charge in [0.1, 0.15) is 0 Å². The minimum absolute atomic E-state index is 0.100. The summed E-state index contributed by atoms with van der Waals surface area (Å²) in [7, 11) is 0. The highest BCUT2D eigenvalue weighted by atomic mass is 35.5. The highest BCUT2D eigenvalue weighted by Crippen LogP contribution is 2.30. The topological polar surface area (TPSA) is 26.0 Å². The van der Waals surface area contributed by atoms with Gasteiger partial charge in [-0.05, 0) is 42.4 Å². The number of benzene rings is 1. The zero-order valence-electron chi connectivity index (χ0n) is 9.29. The first-order valence-corrected chi connectivity index (χ1v) is 6.73. The van der Waals surface area contributed by atoms with E-state index >= 15 is 0 Å². The summed E-state index contributed by atoms with van der Waals surface area (Å²) >= 11 is 7.85. The Bertz CT molecular complexity index is 314. The van der Waals surface area contributed by atoms with Crippen LogP contribution in [-0.4, -0.2) is 5.75 Å². The van der Waals surface area contributed by atoms with Crippen molar-refractivity contribution in [1.82, 2.24) is 0 Å². The highest BCUT2D eigenvalue weighted by Gasteiger charge is 2.10. The number of thioether (sulfide) groups is 1. The third-order valence-corrected chi connectivity index (χ3v) is 3.80. The molecule has 0 spiro atoms. The number of nitrogens with two attached hydrogens (primary N) is 1. The molecule has 0 aliphatic carbocycles. The molecule has 0 aromatic heterocycles. The summed E-state index contributed by atoms with van der Waals surface area (Å²) in [5.41, 5.74) is 7.25. The van der Waals surface area contributed by atoms with Gasteiger partial charge in [-0.15, -0.1) is 11.8 Å². The first kappa shape index (κ1) is 12.9. The van der Waals surface area contributed by atoms with Crippen LogP contribution in [0, 0.1) is 0 Å². The second-order valence-corrected chi connectivity index (χ2v) is 5.12. The Morgan fingerprint density at radius 2 is 2.13 bits per heavy atom. The van der Waals surface area contributed by atoms with Gasteiger partial charge in [0.2, 0.25) is 0 Å². The van der Waals surface area contributed by atoms with Gasteiger partial charge in [-0.25, -0.2) is 0 Å². The third kappa shape index (κ3) is 3.71. The van der Waals surface area contributed by atoms with Gasteiger partial charge in [0.25, 0.3) is 0 Å². The van der Waals surface area contributed by atoms with Crippen molar-refractivity contribution < 1.29 is 0 Å². The fraction of sp³-hybridized carbons (Fsp3) is 0.500. The maximum atomic E-state index is 6.06. The fourth-order valence-corrected chi connectivity index (χ4v) is 2.52. The van der Waals surface area contributed by atoms with E-state index in [0.29, 0.717) is 0 Å². The van der Waals surface area contributed by atoms with Crippen molar-refractivity contribution in [3.05, 3.63) is 28.8 Å². The van der Waals surface area contributed by atoms with Crippen LogP contribution in [0.2, 0.25) is 5.02 Å². The zero-order chi connectivity index (χ0) is 11.3. The Morgan fingerprint density at radius 1 is 1.40 bits per heavy atom. The van der Waals surface area contributed by atoms with Crippen molar-refractivity contribution in [2.45, 2.75) is 37.6 Å². The maximum Gasteiger partial charge on any atom is 0.0410 e. The van der Waals surface area contributed by atoms with Crippen molar-refractivity contribution in [2.75, 3.05) is 5.75 Å². The molecule has 0 saturated carbocycles. The Morgan fingerprint density at radius 3 is 2.73 bits per heavy atom. The molecular formula is C12H18ClNS. The average Bonchev–Trinajstić information content (AvgIpc) is 2.26. The number of hydrogen-bond acceptors (Lipinski definition) is 2. The molecule has 0 aliphatic heterocycles. The van der Waals surface area contributed by atoms with Crippen LogP contribution in [0.25, 0.3) is 0 Å². The molecule has 2 N–H and O–H groups in total. The monoisotopic (exact) mass is 243 g/mol.